The Bertz CT molecular complexity index is 393. The maximum Gasteiger partial charge on any atom is 0.164 e. The van der Waals surface area contributed by atoms with Gasteiger partial charge in [0.15, 0.2) is 11.5 Å². The summed E-state index contributed by atoms with van der Waals surface area (Å²) in [5.41, 5.74) is 6.97. The van der Waals surface area contributed by atoms with Crippen LogP contribution in [-0.4, -0.2) is 19.8 Å². The Morgan fingerprint density at radius 1 is 1.56 bits per heavy atom. The van der Waals surface area contributed by atoms with Crippen LogP contribution in [0.15, 0.2) is 12.1 Å². The van der Waals surface area contributed by atoms with E-state index in [0.29, 0.717) is 23.3 Å². The van der Waals surface area contributed by atoms with Crippen LogP contribution in [0.3, 0.4) is 0 Å². The molecule has 2 rings (SSSR count). The van der Waals surface area contributed by atoms with Crippen LogP contribution in [0.5, 0.6) is 11.5 Å². The van der Waals surface area contributed by atoms with E-state index in [0.717, 1.165) is 17.7 Å². The summed E-state index contributed by atoms with van der Waals surface area (Å²) in [7, 11) is 1.62. The van der Waals surface area contributed by atoms with Crippen molar-refractivity contribution in [2.75, 3.05) is 13.7 Å². The van der Waals surface area contributed by atoms with Gasteiger partial charge in [-0.15, -0.1) is 0 Å². The zero-order valence-electron chi connectivity index (χ0n) is 9.50. The minimum atomic E-state index is 0.123. The third kappa shape index (κ3) is 2.11. The van der Waals surface area contributed by atoms with Crippen LogP contribution in [0.1, 0.15) is 12.5 Å². The molecule has 1 aromatic carbocycles. The Morgan fingerprint density at radius 3 is 2.94 bits per heavy atom. The summed E-state index contributed by atoms with van der Waals surface area (Å²) in [5.74, 6) is 1.85. The molecule has 0 spiro atoms. The lowest BCUT2D eigenvalue weighted by atomic mass is 9.91. The van der Waals surface area contributed by atoms with Gasteiger partial charge in [0.25, 0.3) is 0 Å². The second-order valence-corrected chi connectivity index (χ2v) is 4.67. The Labute approximate surface area is 100 Å². The van der Waals surface area contributed by atoms with Gasteiger partial charge < -0.3 is 15.2 Å². The van der Waals surface area contributed by atoms with Crippen molar-refractivity contribution in [2.45, 2.75) is 19.4 Å². The number of hydrogen-bond acceptors (Lipinski definition) is 3. The highest BCUT2D eigenvalue weighted by atomic mass is 35.5. The summed E-state index contributed by atoms with van der Waals surface area (Å²) < 4.78 is 11.0. The maximum atomic E-state index is 6.02. The highest BCUT2D eigenvalue weighted by Crippen LogP contribution is 2.39. The van der Waals surface area contributed by atoms with E-state index in [1.165, 1.54) is 0 Å². The van der Waals surface area contributed by atoms with Gasteiger partial charge in [-0.3, -0.25) is 0 Å². The number of benzene rings is 1. The third-order valence-electron chi connectivity index (χ3n) is 2.98. The van der Waals surface area contributed by atoms with Gasteiger partial charge in [-0.2, -0.15) is 0 Å². The van der Waals surface area contributed by atoms with Crippen molar-refractivity contribution in [3.63, 3.8) is 0 Å². The fourth-order valence-corrected chi connectivity index (χ4v) is 2.19. The molecule has 88 valence electrons. The normalized spacial score (nSPS) is 20.9. The quantitative estimate of drug-likeness (QED) is 0.864. The third-order valence-corrected chi connectivity index (χ3v) is 3.20. The van der Waals surface area contributed by atoms with Crippen LogP contribution in [-0.2, 0) is 6.42 Å². The van der Waals surface area contributed by atoms with Gasteiger partial charge in [0.1, 0.15) is 0 Å². The van der Waals surface area contributed by atoms with Gasteiger partial charge in [0.2, 0.25) is 0 Å². The van der Waals surface area contributed by atoms with E-state index in [2.05, 4.69) is 0 Å². The number of rotatable bonds is 2. The molecule has 0 bridgehead atoms. The monoisotopic (exact) mass is 241 g/mol. The topological polar surface area (TPSA) is 44.5 Å². The average molecular weight is 242 g/mol. The SMILES string of the molecule is COc1cc(Cl)cc2c1OCC([C@@H](C)N)C2. The molecule has 1 heterocycles. The fourth-order valence-electron chi connectivity index (χ4n) is 1.96. The number of methoxy groups -OCH3 is 1. The molecule has 16 heavy (non-hydrogen) atoms. The van der Waals surface area contributed by atoms with Crippen LogP contribution in [0.25, 0.3) is 0 Å². The number of hydrogen-bond donors (Lipinski definition) is 1. The van der Waals surface area contributed by atoms with Gasteiger partial charge in [0.05, 0.1) is 13.7 Å². The molecule has 1 aromatic rings. The molecule has 0 amide bonds. The molecule has 0 aliphatic carbocycles. The molecule has 0 radical (unpaired) electrons. The zero-order chi connectivity index (χ0) is 11.7. The Hall–Kier alpha value is -0.930. The zero-order valence-corrected chi connectivity index (χ0v) is 10.3. The molecule has 1 unspecified atom stereocenters. The van der Waals surface area contributed by atoms with Crippen molar-refractivity contribution >= 4 is 11.6 Å². The summed E-state index contributed by atoms with van der Waals surface area (Å²) in [5, 5.41) is 0.671. The summed E-state index contributed by atoms with van der Waals surface area (Å²) in [6, 6.07) is 3.82. The molecule has 0 aromatic heterocycles. The van der Waals surface area contributed by atoms with Crippen molar-refractivity contribution in [2.24, 2.45) is 11.7 Å². The van der Waals surface area contributed by atoms with Gasteiger partial charge in [0, 0.05) is 23.0 Å². The Kier molecular flexibility index (Phi) is 3.26. The van der Waals surface area contributed by atoms with Crippen molar-refractivity contribution in [3.8, 4) is 11.5 Å². The van der Waals surface area contributed by atoms with Crippen molar-refractivity contribution < 1.29 is 9.47 Å². The first-order valence-corrected chi connectivity index (χ1v) is 5.74. The van der Waals surface area contributed by atoms with Crippen LogP contribution in [0, 0.1) is 5.92 Å². The molecule has 2 N–H and O–H groups in total. The van der Waals surface area contributed by atoms with E-state index in [9.17, 15) is 0 Å². The first-order valence-electron chi connectivity index (χ1n) is 5.36. The van der Waals surface area contributed by atoms with E-state index in [-0.39, 0.29) is 6.04 Å². The van der Waals surface area contributed by atoms with Crippen LogP contribution in [0.2, 0.25) is 5.02 Å². The predicted molar refractivity (Wildman–Crippen MR) is 64.3 cm³/mol. The Balaban J connectivity index is 2.35. The molecule has 0 fully saturated rings. The van der Waals surface area contributed by atoms with Crippen molar-refractivity contribution in [1.29, 1.82) is 0 Å². The molecule has 4 heteroatoms. The highest BCUT2D eigenvalue weighted by Gasteiger charge is 2.25. The lowest BCUT2D eigenvalue weighted by Crippen LogP contribution is -2.35. The second-order valence-electron chi connectivity index (χ2n) is 4.23. The van der Waals surface area contributed by atoms with Crippen molar-refractivity contribution in [3.05, 3.63) is 22.7 Å². The van der Waals surface area contributed by atoms with Gasteiger partial charge in [-0.05, 0) is 25.0 Å². The van der Waals surface area contributed by atoms with E-state index in [1.54, 1.807) is 13.2 Å². The molecule has 0 saturated heterocycles. The highest BCUT2D eigenvalue weighted by molar-refractivity contribution is 6.30. The van der Waals surface area contributed by atoms with E-state index in [4.69, 9.17) is 26.8 Å². The average Bonchev–Trinajstić information content (AvgIpc) is 2.26. The van der Waals surface area contributed by atoms with E-state index < -0.39 is 0 Å². The fraction of sp³-hybridized carbons (Fsp3) is 0.500. The summed E-state index contributed by atoms with van der Waals surface area (Å²) in [4.78, 5) is 0. The minimum Gasteiger partial charge on any atom is -0.493 e. The standard InChI is InChI=1S/C12H16ClNO2/c1-7(14)9-3-8-4-10(13)5-11(15-2)12(8)16-6-9/h4-5,7,9H,3,6,14H2,1-2H3/t7-,9?/m1/s1. The van der Waals surface area contributed by atoms with Crippen LogP contribution < -0.4 is 15.2 Å². The maximum absolute atomic E-state index is 6.02. The molecular formula is C12H16ClNO2. The molecular weight excluding hydrogens is 226 g/mol. The first kappa shape index (κ1) is 11.6. The number of halogens is 1. The lowest BCUT2D eigenvalue weighted by Gasteiger charge is -2.28. The summed E-state index contributed by atoms with van der Waals surface area (Å²) in [6.07, 6.45) is 0.893. The first-order chi connectivity index (χ1) is 7.61. The molecule has 2 atom stereocenters. The minimum absolute atomic E-state index is 0.123. The predicted octanol–water partition coefficient (Wildman–Crippen LogP) is 2.25. The molecule has 1 aliphatic rings. The van der Waals surface area contributed by atoms with Gasteiger partial charge >= 0.3 is 0 Å². The number of ether oxygens (including phenoxy) is 2. The van der Waals surface area contributed by atoms with Gasteiger partial charge in [-0.25, -0.2) is 0 Å². The molecule has 3 nitrogen and oxygen atoms in total. The lowest BCUT2D eigenvalue weighted by molar-refractivity contribution is 0.196. The smallest absolute Gasteiger partial charge is 0.164 e. The molecule has 0 saturated carbocycles. The van der Waals surface area contributed by atoms with Crippen LogP contribution >= 0.6 is 11.6 Å². The Morgan fingerprint density at radius 2 is 2.31 bits per heavy atom. The number of nitrogens with two attached hydrogens (primary N) is 1. The van der Waals surface area contributed by atoms with Gasteiger partial charge in [-0.1, -0.05) is 11.6 Å². The van der Waals surface area contributed by atoms with Crippen molar-refractivity contribution in [1.82, 2.24) is 0 Å². The number of fused-ring (bicyclic) bond motifs is 1. The second kappa shape index (κ2) is 4.52. The largest absolute Gasteiger partial charge is 0.493 e. The summed E-state index contributed by atoms with van der Waals surface area (Å²) in [6.45, 7) is 2.64. The van der Waals surface area contributed by atoms with E-state index >= 15 is 0 Å². The summed E-state index contributed by atoms with van der Waals surface area (Å²) >= 11 is 6.02. The van der Waals surface area contributed by atoms with E-state index in [1.807, 2.05) is 13.0 Å². The van der Waals surface area contributed by atoms with Crippen LogP contribution in [0.4, 0.5) is 0 Å². The molecule has 1 aliphatic heterocycles.